The number of imide groups is 1. The maximum Gasteiger partial charge on any atom is 0.333 e. The van der Waals surface area contributed by atoms with E-state index < -0.39 is 17.8 Å². The van der Waals surface area contributed by atoms with Gasteiger partial charge in [-0.2, -0.15) is 0 Å². The number of aromatic nitrogens is 1. The lowest BCUT2D eigenvalue weighted by Gasteiger charge is -2.12. The number of hydrogen-bond acceptors (Lipinski definition) is 4. The molecule has 1 aliphatic rings. The average molecular weight is 300 g/mol. The molecule has 6 nitrogen and oxygen atoms in total. The van der Waals surface area contributed by atoms with Crippen molar-refractivity contribution in [2.45, 2.75) is 32.1 Å². The molecular formula is C16H16N2O4. The summed E-state index contributed by atoms with van der Waals surface area (Å²) in [5.74, 6) is -1.45. The minimum Gasteiger partial charge on any atom is -0.361 e. The Bertz CT molecular complexity index is 719. The Morgan fingerprint density at radius 2 is 1.91 bits per heavy atom. The van der Waals surface area contributed by atoms with Gasteiger partial charge >= 0.3 is 5.97 Å². The van der Waals surface area contributed by atoms with Gasteiger partial charge in [-0.25, -0.2) is 4.79 Å². The summed E-state index contributed by atoms with van der Waals surface area (Å²) in [6, 6.07) is 7.96. The lowest BCUT2D eigenvalue weighted by atomic mass is 10.1. The smallest absolute Gasteiger partial charge is 0.333 e. The number of benzene rings is 1. The fourth-order valence-electron chi connectivity index (χ4n) is 2.57. The Morgan fingerprint density at radius 1 is 1.18 bits per heavy atom. The summed E-state index contributed by atoms with van der Waals surface area (Å²) >= 11 is 0. The molecule has 0 radical (unpaired) electrons. The number of hydrogen-bond donors (Lipinski definition) is 1. The molecule has 2 amide bonds. The second-order valence-corrected chi connectivity index (χ2v) is 5.26. The standard InChI is InChI=1S/C16H16N2O4/c19-14-8-9-15(20)18(14)22-16(21)7-3-4-11-10-17-13-6-2-1-5-12(11)13/h1-2,5-6,10,17H,3-4,7-9H2. The Hall–Kier alpha value is -2.63. The normalized spacial score (nSPS) is 14.8. The molecule has 0 bridgehead atoms. The van der Waals surface area contributed by atoms with Crippen molar-refractivity contribution in [2.75, 3.05) is 0 Å². The van der Waals surface area contributed by atoms with Gasteiger partial charge in [0.2, 0.25) is 0 Å². The molecule has 1 aromatic heterocycles. The zero-order valence-electron chi connectivity index (χ0n) is 12.0. The molecule has 2 heterocycles. The summed E-state index contributed by atoms with van der Waals surface area (Å²) in [7, 11) is 0. The van der Waals surface area contributed by atoms with Crippen LogP contribution in [-0.2, 0) is 25.6 Å². The topological polar surface area (TPSA) is 79.5 Å². The third-order valence-corrected chi connectivity index (χ3v) is 3.70. The number of nitrogens with one attached hydrogen (secondary N) is 1. The Morgan fingerprint density at radius 3 is 2.68 bits per heavy atom. The van der Waals surface area contributed by atoms with E-state index >= 15 is 0 Å². The molecule has 22 heavy (non-hydrogen) atoms. The highest BCUT2D eigenvalue weighted by molar-refractivity contribution is 6.01. The number of nitrogens with zero attached hydrogens (tertiary/aromatic N) is 1. The van der Waals surface area contributed by atoms with Gasteiger partial charge < -0.3 is 9.82 Å². The number of hydroxylamine groups is 2. The number of aromatic amines is 1. The van der Waals surface area contributed by atoms with E-state index in [1.54, 1.807) is 0 Å². The number of fused-ring (bicyclic) bond motifs is 1. The zero-order valence-corrected chi connectivity index (χ0v) is 12.0. The molecule has 1 fully saturated rings. The van der Waals surface area contributed by atoms with Crippen molar-refractivity contribution in [2.24, 2.45) is 0 Å². The van der Waals surface area contributed by atoms with Crippen LogP contribution >= 0.6 is 0 Å². The van der Waals surface area contributed by atoms with Crippen molar-refractivity contribution in [1.29, 1.82) is 0 Å². The lowest BCUT2D eigenvalue weighted by molar-refractivity contribution is -0.197. The highest BCUT2D eigenvalue weighted by Gasteiger charge is 2.32. The molecule has 0 spiro atoms. The first-order chi connectivity index (χ1) is 10.6. The maximum atomic E-state index is 11.7. The lowest BCUT2D eigenvalue weighted by Crippen LogP contribution is -2.31. The van der Waals surface area contributed by atoms with Crippen LogP contribution in [0.3, 0.4) is 0 Å². The summed E-state index contributed by atoms with van der Waals surface area (Å²) in [5, 5.41) is 1.73. The molecule has 0 unspecified atom stereocenters. The van der Waals surface area contributed by atoms with E-state index in [-0.39, 0.29) is 19.3 Å². The van der Waals surface area contributed by atoms with Crippen LogP contribution in [0.25, 0.3) is 10.9 Å². The highest BCUT2D eigenvalue weighted by atomic mass is 16.7. The van der Waals surface area contributed by atoms with E-state index in [9.17, 15) is 14.4 Å². The van der Waals surface area contributed by atoms with E-state index in [0.717, 1.165) is 22.9 Å². The minimum absolute atomic E-state index is 0.113. The Balaban J connectivity index is 1.51. The average Bonchev–Trinajstić information content (AvgIpc) is 3.06. The number of amides is 2. The van der Waals surface area contributed by atoms with Gasteiger partial charge in [0.05, 0.1) is 0 Å². The van der Waals surface area contributed by atoms with Gasteiger partial charge in [0.25, 0.3) is 11.8 Å². The van der Waals surface area contributed by atoms with E-state index in [1.807, 2.05) is 30.5 Å². The molecule has 0 aliphatic carbocycles. The van der Waals surface area contributed by atoms with Crippen molar-refractivity contribution < 1.29 is 19.2 Å². The van der Waals surface area contributed by atoms with Gasteiger partial charge in [-0.3, -0.25) is 9.59 Å². The summed E-state index contributed by atoms with van der Waals surface area (Å²) in [6.45, 7) is 0. The van der Waals surface area contributed by atoms with Gasteiger partial charge in [-0.15, -0.1) is 5.06 Å². The molecular weight excluding hydrogens is 284 g/mol. The second kappa shape index (κ2) is 6.01. The molecule has 2 aromatic rings. The second-order valence-electron chi connectivity index (χ2n) is 5.26. The predicted octanol–water partition coefficient (Wildman–Crippen LogP) is 2.10. The third-order valence-electron chi connectivity index (χ3n) is 3.70. The van der Waals surface area contributed by atoms with Crippen LogP contribution in [0.5, 0.6) is 0 Å². The number of para-hydroxylation sites is 1. The zero-order chi connectivity index (χ0) is 15.5. The van der Waals surface area contributed by atoms with Gasteiger partial charge in [0.1, 0.15) is 0 Å². The molecule has 6 heteroatoms. The predicted molar refractivity (Wildman–Crippen MR) is 78.4 cm³/mol. The van der Waals surface area contributed by atoms with Crippen molar-refractivity contribution in [3.05, 3.63) is 36.0 Å². The first-order valence-corrected chi connectivity index (χ1v) is 7.27. The minimum atomic E-state index is -0.552. The summed E-state index contributed by atoms with van der Waals surface area (Å²) in [6.07, 6.45) is 3.64. The van der Waals surface area contributed by atoms with Crippen molar-refractivity contribution in [1.82, 2.24) is 10.0 Å². The van der Waals surface area contributed by atoms with Crippen LogP contribution in [0.15, 0.2) is 30.5 Å². The molecule has 0 atom stereocenters. The molecule has 0 saturated carbocycles. The van der Waals surface area contributed by atoms with Crippen molar-refractivity contribution in [3.8, 4) is 0 Å². The van der Waals surface area contributed by atoms with E-state index in [4.69, 9.17) is 4.84 Å². The summed E-state index contributed by atoms with van der Waals surface area (Å²) in [4.78, 5) is 42.4. The van der Waals surface area contributed by atoms with Crippen LogP contribution < -0.4 is 0 Å². The quantitative estimate of drug-likeness (QED) is 0.858. The number of carbonyl (C=O) groups is 3. The van der Waals surface area contributed by atoms with Gasteiger partial charge in [-0.1, -0.05) is 18.2 Å². The van der Waals surface area contributed by atoms with Crippen LogP contribution in [0.2, 0.25) is 0 Å². The first kappa shape index (κ1) is 14.3. The van der Waals surface area contributed by atoms with Gasteiger partial charge in [0.15, 0.2) is 0 Å². The molecule has 1 aromatic carbocycles. The van der Waals surface area contributed by atoms with Gasteiger partial charge in [0, 0.05) is 36.4 Å². The molecule has 1 saturated heterocycles. The molecule has 114 valence electrons. The number of H-pyrrole nitrogens is 1. The summed E-state index contributed by atoms with van der Waals surface area (Å²) < 4.78 is 0. The highest BCUT2D eigenvalue weighted by Crippen LogP contribution is 2.20. The number of aryl methyl sites for hydroxylation is 1. The number of rotatable bonds is 5. The van der Waals surface area contributed by atoms with Crippen LogP contribution in [-0.4, -0.2) is 27.8 Å². The fourth-order valence-corrected chi connectivity index (χ4v) is 2.57. The monoisotopic (exact) mass is 300 g/mol. The SMILES string of the molecule is O=C(CCCc1c[nH]c2ccccc12)ON1C(=O)CCC1=O. The van der Waals surface area contributed by atoms with E-state index in [1.165, 1.54) is 0 Å². The third kappa shape index (κ3) is 2.86. The largest absolute Gasteiger partial charge is 0.361 e. The van der Waals surface area contributed by atoms with E-state index in [2.05, 4.69) is 4.98 Å². The fraction of sp³-hybridized carbons (Fsp3) is 0.312. The first-order valence-electron chi connectivity index (χ1n) is 7.27. The van der Waals surface area contributed by atoms with E-state index in [0.29, 0.717) is 11.5 Å². The van der Waals surface area contributed by atoms with Crippen molar-refractivity contribution in [3.63, 3.8) is 0 Å². The maximum absolute atomic E-state index is 11.7. The Kier molecular flexibility index (Phi) is 3.91. The molecule has 1 N–H and O–H groups in total. The van der Waals surface area contributed by atoms with Crippen LogP contribution in [0.4, 0.5) is 0 Å². The van der Waals surface area contributed by atoms with Crippen LogP contribution in [0.1, 0.15) is 31.2 Å². The van der Waals surface area contributed by atoms with Crippen molar-refractivity contribution >= 4 is 28.7 Å². The molecule has 1 aliphatic heterocycles. The van der Waals surface area contributed by atoms with Crippen LogP contribution in [0, 0.1) is 0 Å². The summed E-state index contributed by atoms with van der Waals surface area (Å²) in [5.41, 5.74) is 2.20. The number of carbonyl (C=O) groups excluding carboxylic acids is 3. The molecule has 3 rings (SSSR count). The Labute approximate surface area is 127 Å². The van der Waals surface area contributed by atoms with Gasteiger partial charge in [-0.05, 0) is 24.5 Å².